The van der Waals surface area contributed by atoms with E-state index in [1.54, 1.807) is 30.3 Å². The van der Waals surface area contributed by atoms with E-state index in [0.717, 1.165) is 0 Å². The van der Waals surface area contributed by atoms with E-state index in [1.807, 2.05) is 4.90 Å². The molecule has 2 atom stereocenters. The Morgan fingerprint density at radius 2 is 1.89 bits per heavy atom. The van der Waals surface area contributed by atoms with Crippen LogP contribution in [0.3, 0.4) is 0 Å². The summed E-state index contributed by atoms with van der Waals surface area (Å²) in [6.45, 7) is 0. The van der Waals surface area contributed by atoms with Gasteiger partial charge in [-0.25, -0.2) is 12.8 Å². The number of amidine groups is 1. The quantitative estimate of drug-likeness (QED) is 0.556. The summed E-state index contributed by atoms with van der Waals surface area (Å²) in [5, 5.41) is 1.55. The van der Waals surface area contributed by atoms with Crippen molar-refractivity contribution in [3.63, 3.8) is 0 Å². The molecule has 28 heavy (non-hydrogen) atoms. The van der Waals surface area contributed by atoms with Gasteiger partial charge in [0.1, 0.15) is 5.82 Å². The van der Waals surface area contributed by atoms with Crippen LogP contribution < -0.4 is 4.90 Å². The van der Waals surface area contributed by atoms with E-state index in [9.17, 15) is 12.8 Å². The van der Waals surface area contributed by atoms with Crippen LogP contribution in [0, 0.1) is 5.82 Å². The summed E-state index contributed by atoms with van der Waals surface area (Å²) >= 11 is 16.9. The summed E-state index contributed by atoms with van der Waals surface area (Å²) in [6.07, 6.45) is 0. The van der Waals surface area contributed by atoms with Crippen LogP contribution in [0.1, 0.15) is 5.56 Å². The number of nitrogens with zero attached hydrogens (tertiary/aromatic N) is 2. The Morgan fingerprint density at radius 1 is 1.18 bits per heavy atom. The van der Waals surface area contributed by atoms with Crippen LogP contribution in [0.25, 0.3) is 0 Å². The average Bonchev–Trinajstić information content (AvgIpc) is 3.04. The van der Waals surface area contributed by atoms with Gasteiger partial charge in [0, 0.05) is 26.0 Å². The largest absolute Gasteiger partial charge is 0.315 e. The molecule has 0 N–H and O–H groups in total. The molecule has 0 unspecified atom stereocenters. The van der Waals surface area contributed by atoms with Crippen LogP contribution in [0.5, 0.6) is 0 Å². The minimum atomic E-state index is -3.16. The molecule has 4 rings (SSSR count). The summed E-state index contributed by atoms with van der Waals surface area (Å²) in [6, 6.07) is 9.35. The third-order valence-electron chi connectivity index (χ3n) is 4.60. The maximum Gasteiger partial charge on any atom is 0.164 e. The standard InChI is InChI=1S/C18H14BrCl2FN2O2S2/c19-11-2-1-10(15(22)3-11)7-27-18-23-16-8-28(25,26)9-17(16)24(18)14-5-12(20)4-13(21)6-14/h1-6,16-17H,7-9H2/t16-,17-/m1/s1. The second-order valence-corrected chi connectivity index (χ2v) is 11.5. The molecular weight excluding hydrogens is 510 g/mol. The minimum absolute atomic E-state index is 0.0131. The summed E-state index contributed by atoms with van der Waals surface area (Å²) in [5.41, 5.74) is 1.23. The number of rotatable bonds is 3. The highest BCUT2D eigenvalue weighted by molar-refractivity contribution is 9.10. The lowest BCUT2D eigenvalue weighted by Gasteiger charge is -2.27. The van der Waals surface area contributed by atoms with Gasteiger partial charge in [-0.15, -0.1) is 0 Å². The van der Waals surface area contributed by atoms with Gasteiger partial charge in [0.05, 0.1) is 23.6 Å². The number of sulfone groups is 1. The van der Waals surface area contributed by atoms with E-state index >= 15 is 0 Å². The SMILES string of the molecule is O=S1(=O)C[C@@H]2[C@@H](C1)N=C(SCc1ccc(Br)cc1F)N2c1cc(Cl)cc(Cl)c1. The Labute approximate surface area is 185 Å². The first kappa shape index (κ1) is 20.5. The van der Waals surface area contributed by atoms with Crippen LogP contribution >= 0.6 is 50.9 Å². The second-order valence-electron chi connectivity index (χ2n) is 6.65. The molecule has 1 fully saturated rings. The van der Waals surface area contributed by atoms with E-state index in [2.05, 4.69) is 20.9 Å². The Hall–Kier alpha value is -0.800. The number of hydrogen-bond donors (Lipinski definition) is 0. The molecule has 4 nitrogen and oxygen atoms in total. The molecule has 10 heteroatoms. The summed E-state index contributed by atoms with van der Waals surface area (Å²) in [7, 11) is -3.16. The highest BCUT2D eigenvalue weighted by Crippen LogP contribution is 2.38. The maximum absolute atomic E-state index is 14.2. The topological polar surface area (TPSA) is 49.7 Å². The lowest BCUT2D eigenvalue weighted by atomic mass is 10.1. The van der Waals surface area contributed by atoms with E-state index in [1.165, 1.54) is 17.8 Å². The number of anilines is 1. The Balaban J connectivity index is 1.65. The second kappa shape index (κ2) is 7.80. The summed E-state index contributed by atoms with van der Waals surface area (Å²) in [4.78, 5) is 6.50. The highest BCUT2D eigenvalue weighted by atomic mass is 79.9. The van der Waals surface area contributed by atoms with E-state index in [4.69, 9.17) is 23.2 Å². The molecule has 0 radical (unpaired) electrons. The maximum atomic E-state index is 14.2. The van der Waals surface area contributed by atoms with E-state index in [-0.39, 0.29) is 29.4 Å². The highest BCUT2D eigenvalue weighted by Gasteiger charge is 2.47. The lowest BCUT2D eigenvalue weighted by Crippen LogP contribution is -2.39. The molecule has 2 aromatic carbocycles. The van der Waals surface area contributed by atoms with Crippen molar-refractivity contribution in [2.75, 3.05) is 16.4 Å². The van der Waals surface area contributed by atoms with Gasteiger partial charge in [-0.3, -0.25) is 4.99 Å². The fourth-order valence-electron chi connectivity index (χ4n) is 3.39. The molecule has 1 saturated heterocycles. The molecule has 2 aromatic rings. The van der Waals surface area contributed by atoms with Gasteiger partial charge in [0.15, 0.2) is 15.0 Å². The van der Waals surface area contributed by atoms with Crippen LogP contribution in [0.4, 0.5) is 10.1 Å². The van der Waals surface area contributed by atoms with Crippen molar-refractivity contribution in [2.24, 2.45) is 4.99 Å². The van der Waals surface area contributed by atoms with Crippen LogP contribution in [-0.4, -0.2) is 37.2 Å². The zero-order valence-electron chi connectivity index (χ0n) is 14.3. The lowest BCUT2D eigenvalue weighted by molar-refractivity contribution is 0.601. The van der Waals surface area contributed by atoms with Gasteiger partial charge in [0.25, 0.3) is 0 Å². The number of fused-ring (bicyclic) bond motifs is 1. The molecule has 0 aliphatic carbocycles. The molecule has 2 aliphatic heterocycles. The predicted molar refractivity (Wildman–Crippen MR) is 118 cm³/mol. The number of benzene rings is 2. The molecule has 148 valence electrons. The van der Waals surface area contributed by atoms with Crippen LogP contribution in [0.15, 0.2) is 45.9 Å². The molecule has 0 bridgehead atoms. The van der Waals surface area contributed by atoms with Crippen molar-refractivity contribution >= 4 is 71.6 Å². The minimum Gasteiger partial charge on any atom is -0.315 e. The van der Waals surface area contributed by atoms with Crippen molar-refractivity contribution in [3.05, 3.63) is 62.3 Å². The van der Waals surface area contributed by atoms with Gasteiger partial charge < -0.3 is 4.90 Å². The summed E-state index contributed by atoms with van der Waals surface area (Å²) < 4.78 is 39.1. The Bertz CT molecular complexity index is 1060. The van der Waals surface area contributed by atoms with Gasteiger partial charge in [-0.05, 0) is 35.9 Å². The first-order valence-corrected chi connectivity index (χ1v) is 12.7. The first-order valence-electron chi connectivity index (χ1n) is 8.32. The molecule has 0 aromatic heterocycles. The number of thioether (sulfide) groups is 1. The summed E-state index contributed by atoms with van der Waals surface area (Å²) in [5.74, 6) is 0.0939. The monoisotopic (exact) mass is 522 g/mol. The fourth-order valence-corrected chi connectivity index (χ4v) is 7.20. The van der Waals surface area contributed by atoms with Gasteiger partial charge in [-0.1, -0.05) is 57.0 Å². The van der Waals surface area contributed by atoms with Crippen molar-refractivity contribution in [1.82, 2.24) is 0 Å². The van der Waals surface area contributed by atoms with Crippen LogP contribution in [-0.2, 0) is 15.6 Å². The zero-order chi connectivity index (χ0) is 20.1. The van der Waals surface area contributed by atoms with Gasteiger partial charge in [-0.2, -0.15) is 0 Å². The third kappa shape index (κ3) is 4.21. The van der Waals surface area contributed by atoms with E-state index in [0.29, 0.717) is 36.7 Å². The van der Waals surface area contributed by atoms with Gasteiger partial charge >= 0.3 is 0 Å². The number of halogens is 4. The molecule has 0 saturated carbocycles. The first-order chi connectivity index (χ1) is 13.2. The number of aliphatic imine (C=N–C) groups is 1. The number of hydrogen-bond acceptors (Lipinski definition) is 5. The van der Waals surface area contributed by atoms with Crippen LogP contribution in [0.2, 0.25) is 10.0 Å². The zero-order valence-corrected chi connectivity index (χ0v) is 19.0. The van der Waals surface area contributed by atoms with E-state index < -0.39 is 9.84 Å². The molecule has 2 heterocycles. The molecule has 2 aliphatic rings. The van der Waals surface area contributed by atoms with Crippen molar-refractivity contribution in [1.29, 1.82) is 0 Å². The normalized spacial score (nSPS) is 23.0. The molecule has 0 spiro atoms. The Kier molecular flexibility index (Phi) is 5.70. The van der Waals surface area contributed by atoms with Crippen molar-refractivity contribution in [2.45, 2.75) is 17.8 Å². The predicted octanol–water partition coefficient (Wildman–Crippen LogP) is 5.17. The smallest absolute Gasteiger partial charge is 0.164 e. The third-order valence-corrected chi connectivity index (χ3v) is 8.25. The Morgan fingerprint density at radius 3 is 2.57 bits per heavy atom. The van der Waals surface area contributed by atoms with Crippen molar-refractivity contribution in [3.8, 4) is 0 Å². The van der Waals surface area contributed by atoms with Crippen molar-refractivity contribution < 1.29 is 12.8 Å². The molecular formula is C18H14BrCl2FN2O2S2. The fraction of sp³-hybridized carbons (Fsp3) is 0.278. The molecule has 0 amide bonds. The van der Waals surface area contributed by atoms with Gasteiger partial charge in [0.2, 0.25) is 0 Å². The average molecular weight is 524 g/mol.